The highest BCUT2D eigenvalue weighted by Crippen LogP contribution is 2.18. The number of ether oxygens (including phenoxy) is 1. The number of carboxylic acids is 1. The number of aryl methyl sites for hydroxylation is 1. The Morgan fingerprint density at radius 1 is 1.35 bits per heavy atom. The van der Waals surface area contributed by atoms with E-state index in [0.717, 1.165) is 6.26 Å². The summed E-state index contributed by atoms with van der Waals surface area (Å²) in [6.07, 6.45) is 0.732. The molecule has 0 aromatic heterocycles. The normalized spacial score (nSPS) is 14.1. The molecule has 0 saturated heterocycles. The van der Waals surface area contributed by atoms with Crippen LogP contribution in [0.2, 0.25) is 0 Å². The van der Waals surface area contributed by atoms with E-state index >= 15 is 0 Å². The molecule has 1 amide bonds. The van der Waals surface area contributed by atoms with Crippen LogP contribution in [0.15, 0.2) is 23.1 Å². The fourth-order valence-corrected chi connectivity index (χ4v) is 2.85. The van der Waals surface area contributed by atoms with Gasteiger partial charge in [0.25, 0.3) is 5.91 Å². The standard InChI is InChI=1S/C15H21NO6S/c1-10-5-6-11(23(4,20)21)7-12(10)14(19)16-15(2,9-22-3)8-13(17)18/h5-7H,8-9H2,1-4H3,(H,16,19)(H,17,18). The molecule has 0 radical (unpaired) electrons. The number of aliphatic carboxylic acids is 1. The SMILES string of the molecule is COCC(C)(CC(=O)O)NC(=O)c1cc(S(C)(=O)=O)ccc1C. The van der Waals surface area contributed by atoms with Crippen molar-refractivity contribution in [3.05, 3.63) is 29.3 Å². The van der Waals surface area contributed by atoms with Crippen molar-refractivity contribution in [1.82, 2.24) is 5.32 Å². The summed E-state index contributed by atoms with van der Waals surface area (Å²) in [6, 6.07) is 4.25. The van der Waals surface area contributed by atoms with E-state index < -0.39 is 27.3 Å². The number of sulfone groups is 1. The molecular formula is C15H21NO6S. The summed E-state index contributed by atoms with van der Waals surface area (Å²) in [5.41, 5.74) is -0.337. The molecule has 1 rings (SSSR count). The van der Waals surface area contributed by atoms with Gasteiger partial charge in [0.1, 0.15) is 0 Å². The van der Waals surface area contributed by atoms with E-state index in [1.54, 1.807) is 13.8 Å². The summed E-state index contributed by atoms with van der Waals surface area (Å²) in [4.78, 5) is 23.5. The van der Waals surface area contributed by atoms with E-state index in [9.17, 15) is 18.0 Å². The molecule has 0 heterocycles. The Morgan fingerprint density at radius 2 is 1.96 bits per heavy atom. The first kappa shape index (κ1) is 19.1. The summed E-state index contributed by atoms with van der Waals surface area (Å²) in [6.45, 7) is 3.24. The molecule has 0 bridgehead atoms. The predicted octanol–water partition coefficient (Wildman–Crippen LogP) is 1.01. The van der Waals surface area contributed by atoms with Crippen LogP contribution in [-0.4, -0.2) is 50.9 Å². The van der Waals surface area contributed by atoms with Gasteiger partial charge in [-0.25, -0.2) is 8.42 Å². The van der Waals surface area contributed by atoms with Gasteiger partial charge in [-0.1, -0.05) is 6.07 Å². The molecule has 23 heavy (non-hydrogen) atoms. The van der Waals surface area contributed by atoms with E-state index in [4.69, 9.17) is 9.84 Å². The Kier molecular flexibility index (Phi) is 5.90. The van der Waals surface area contributed by atoms with Gasteiger partial charge in [-0.2, -0.15) is 0 Å². The van der Waals surface area contributed by atoms with Crippen LogP contribution in [-0.2, 0) is 19.4 Å². The number of carboxylic acid groups (broad SMARTS) is 1. The maximum absolute atomic E-state index is 12.5. The minimum Gasteiger partial charge on any atom is -0.481 e. The smallest absolute Gasteiger partial charge is 0.305 e. The minimum absolute atomic E-state index is 0.00978. The Bertz CT molecular complexity index is 713. The van der Waals surface area contributed by atoms with Crippen LogP contribution in [0, 0.1) is 6.92 Å². The second-order valence-electron chi connectivity index (χ2n) is 5.77. The van der Waals surface area contributed by atoms with Crippen molar-refractivity contribution in [1.29, 1.82) is 0 Å². The van der Waals surface area contributed by atoms with Crippen LogP contribution >= 0.6 is 0 Å². The van der Waals surface area contributed by atoms with E-state index in [0.29, 0.717) is 5.56 Å². The maximum atomic E-state index is 12.5. The van der Waals surface area contributed by atoms with E-state index in [-0.39, 0.29) is 23.5 Å². The summed E-state index contributed by atoms with van der Waals surface area (Å²) in [5.74, 6) is -1.62. The third-order valence-corrected chi connectivity index (χ3v) is 4.41. The molecule has 0 aliphatic heterocycles. The molecular weight excluding hydrogens is 322 g/mol. The minimum atomic E-state index is -3.45. The highest BCUT2D eigenvalue weighted by molar-refractivity contribution is 7.90. The molecule has 7 nitrogen and oxygen atoms in total. The summed E-state index contributed by atoms with van der Waals surface area (Å²) in [7, 11) is -2.04. The fraction of sp³-hybridized carbons (Fsp3) is 0.467. The Balaban J connectivity index is 3.15. The first-order valence-corrected chi connectivity index (χ1v) is 8.71. The van der Waals surface area contributed by atoms with Gasteiger partial charge in [-0.15, -0.1) is 0 Å². The number of amides is 1. The second kappa shape index (κ2) is 7.10. The van der Waals surface area contributed by atoms with Gasteiger partial charge in [0.2, 0.25) is 0 Å². The van der Waals surface area contributed by atoms with Gasteiger partial charge in [0.15, 0.2) is 9.84 Å². The average molecular weight is 343 g/mol. The zero-order chi connectivity index (χ0) is 17.8. The first-order valence-electron chi connectivity index (χ1n) is 6.82. The van der Waals surface area contributed by atoms with Crippen molar-refractivity contribution < 1.29 is 27.9 Å². The van der Waals surface area contributed by atoms with Crippen molar-refractivity contribution in [2.24, 2.45) is 0 Å². The first-order chi connectivity index (χ1) is 10.5. The third kappa shape index (κ3) is 5.33. The van der Waals surface area contributed by atoms with E-state index in [1.807, 2.05) is 0 Å². The number of carbonyl (C=O) groups excluding carboxylic acids is 1. The number of carbonyl (C=O) groups is 2. The summed E-state index contributed by atoms with van der Waals surface area (Å²) in [5, 5.41) is 11.6. The van der Waals surface area contributed by atoms with Crippen LogP contribution in [0.5, 0.6) is 0 Å². The van der Waals surface area contributed by atoms with Crippen molar-refractivity contribution in [2.45, 2.75) is 30.7 Å². The number of benzene rings is 1. The number of rotatable bonds is 7. The van der Waals surface area contributed by atoms with E-state index in [2.05, 4.69) is 5.32 Å². The van der Waals surface area contributed by atoms with Gasteiger partial charge in [-0.05, 0) is 31.5 Å². The van der Waals surface area contributed by atoms with Gasteiger partial charge < -0.3 is 15.2 Å². The molecule has 1 atom stereocenters. The van der Waals surface area contributed by atoms with Gasteiger partial charge >= 0.3 is 5.97 Å². The number of nitrogens with one attached hydrogen (secondary N) is 1. The van der Waals surface area contributed by atoms with Crippen LogP contribution in [0.4, 0.5) is 0 Å². The Hall–Kier alpha value is -1.93. The Labute approximate surface area is 135 Å². The topological polar surface area (TPSA) is 110 Å². The lowest BCUT2D eigenvalue weighted by molar-refractivity contribution is -0.139. The maximum Gasteiger partial charge on any atom is 0.305 e. The molecule has 1 aromatic carbocycles. The quantitative estimate of drug-likeness (QED) is 0.764. The number of hydrogen-bond donors (Lipinski definition) is 2. The number of methoxy groups -OCH3 is 1. The van der Waals surface area contributed by atoms with Crippen molar-refractivity contribution in [3.8, 4) is 0 Å². The van der Waals surface area contributed by atoms with Crippen molar-refractivity contribution >= 4 is 21.7 Å². The summed E-state index contributed by atoms with van der Waals surface area (Å²) < 4.78 is 28.2. The van der Waals surface area contributed by atoms with Crippen LogP contribution in [0.25, 0.3) is 0 Å². The lowest BCUT2D eigenvalue weighted by Gasteiger charge is -2.28. The van der Waals surface area contributed by atoms with Gasteiger partial charge in [0, 0.05) is 18.9 Å². The molecule has 128 valence electrons. The molecule has 0 saturated carbocycles. The van der Waals surface area contributed by atoms with Crippen LogP contribution in [0.3, 0.4) is 0 Å². The molecule has 0 aliphatic rings. The van der Waals surface area contributed by atoms with Gasteiger partial charge in [0.05, 0.1) is 23.5 Å². The molecule has 0 fully saturated rings. The zero-order valence-corrected chi connectivity index (χ0v) is 14.4. The fourth-order valence-electron chi connectivity index (χ4n) is 2.20. The largest absolute Gasteiger partial charge is 0.481 e. The van der Waals surface area contributed by atoms with Crippen LogP contribution < -0.4 is 5.32 Å². The Morgan fingerprint density at radius 3 is 2.43 bits per heavy atom. The van der Waals surface area contributed by atoms with E-state index in [1.165, 1.54) is 25.3 Å². The predicted molar refractivity (Wildman–Crippen MR) is 84.3 cm³/mol. The highest BCUT2D eigenvalue weighted by Gasteiger charge is 2.30. The molecule has 0 aliphatic carbocycles. The average Bonchev–Trinajstić information content (AvgIpc) is 2.36. The molecule has 0 spiro atoms. The van der Waals surface area contributed by atoms with Crippen molar-refractivity contribution in [3.63, 3.8) is 0 Å². The highest BCUT2D eigenvalue weighted by atomic mass is 32.2. The summed E-state index contributed by atoms with van der Waals surface area (Å²) >= 11 is 0. The zero-order valence-electron chi connectivity index (χ0n) is 13.5. The molecule has 1 unspecified atom stereocenters. The molecule has 8 heteroatoms. The molecule has 1 aromatic rings. The lowest BCUT2D eigenvalue weighted by atomic mass is 9.97. The molecule has 2 N–H and O–H groups in total. The lowest BCUT2D eigenvalue weighted by Crippen LogP contribution is -2.50. The van der Waals surface area contributed by atoms with Crippen LogP contribution in [0.1, 0.15) is 29.3 Å². The second-order valence-corrected chi connectivity index (χ2v) is 7.78. The van der Waals surface area contributed by atoms with Crippen molar-refractivity contribution in [2.75, 3.05) is 20.0 Å². The number of hydrogen-bond acceptors (Lipinski definition) is 5. The van der Waals surface area contributed by atoms with Gasteiger partial charge in [-0.3, -0.25) is 9.59 Å². The monoisotopic (exact) mass is 343 g/mol. The third-order valence-electron chi connectivity index (χ3n) is 3.30.